The molecule has 0 radical (unpaired) electrons. The number of thioether (sulfide) groups is 1. The van der Waals surface area contributed by atoms with Crippen molar-refractivity contribution < 1.29 is 9.21 Å². The molecular weight excluding hydrogens is 369 g/mol. The number of hydrogen-bond donors (Lipinski definition) is 1. The number of halogens is 2. The molecule has 0 saturated heterocycles. The quantitative estimate of drug-likeness (QED) is 0.646. The first kappa shape index (κ1) is 16.8. The Labute approximate surface area is 152 Å². The molecule has 0 spiro atoms. The third-order valence-electron chi connectivity index (χ3n) is 2.94. The first-order chi connectivity index (χ1) is 11.6. The summed E-state index contributed by atoms with van der Waals surface area (Å²) < 4.78 is 5.42. The molecular formula is C16H11Cl2N3O2S. The van der Waals surface area contributed by atoms with Gasteiger partial charge in [-0.3, -0.25) is 10.1 Å². The minimum Gasteiger partial charge on any atom is -0.403 e. The Morgan fingerprint density at radius 2 is 1.92 bits per heavy atom. The highest BCUT2D eigenvalue weighted by Crippen LogP contribution is 2.30. The molecule has 0 bridgehead atoms. The van der Waals surface area contributed by atoms with Crippen molar-refractivity contribution in [3.8, 4) is 11.5 Å². The van der Waals surface area contributed by atoms with Crippen LogP contribution in [-0.2, 0) is 4.79 Å². The predicted molar refractivity (Wildman–Crippen MR) is 95.5 cm³/mol. The zero-order chi connectivity index (χ0) is 16.9. The summed E-state index contributed by atoms with van der Waals surface area (Å²) in [6.45, 7) is 0. The van der Waals surface area contributed by atoms with Gasteiger partial charge in [0, 0.05) is 9.92 Å². The zero-order valence-electron chi connectivity index (χ0n) is 12.2. The first-order valence-corrected chi connectivity index (χ1v) is 8.62. The van der Waals surface area contributed by atoms with Crippen LogP contribution in [0.25, 0.3) is 11.5 Å². The molecule has 3 aromatic rings. The monoisotopic (exact) mass is 379 g/mol. The van der Waals surface area contributed by atoms with Crippen molar-refractivity contribution in [3.05, 3.63) is 58.6 Å². The van der Waals surface area contributed by atoms with Crippen molar-refractivity contribution in [1.29, 1.82) is 0 Å². The summed E-state index contributed by atoms with van der Waals surface area (Å²) in [5.74, 6) is 0.185. The van der Waals surface area contributed by atoms with Gasteiger partial charge in [0.1, 0.15) is 0 Å². The van der Waals surface area contributed by atoms with Crippen molar-refractivity contribution in [2.24, 2.45) is 0 Å². The summed E-state index contributed by atoms with van der Waals surface area (Å²) in [7, 11) is 0. The van der Waals surface area contributed by atoms with Gasteiger partial charge in [-0.25, -0.2) is 0 Å². The fourth-order valence-electron chi connectivity index (χ4n) is 1.86. The van der Waals surface area contributed by atoms with Crippen LogP contribution in [0.4, 0.5) is 6.01 Å². The third-order valence-corrected chi connectivity index (χ3v) is 4.52. The van der Waals surface area contributed by atoms with Gasteiger partial charge >= 0.3 is 6.01 Å². The van der Waals surface area contributed by atoms with E-state index in [0.29, 0.717) is 15.6 Å². The molecule has 3 rings (SSSR count). The summed E-state index contributed by atoms with van der Waals surface area (Å²) in [5, 5.41) is 11.2. The average molecular weight is 380 g/mol. The van der Waals surface area contributed by atoms with Crippen molar-refractivity contribution >= 4 is 46.9 Å². The molecule has 1 heterocycles. The zero-order valence-corrected chi connectivity index (χ0v) is 14.5. The Kier molecular flexibility index (Phi) is 5.40. The Balaban J connectivity index is 1.63. The van der Waals surface area contributed by atoms with E-state index in [1.807, 2.05) is 30.3 Å². The first-order valence-electron chi connectivity index (χ1n) is 6.88. The molecule has 24 heavy (non-hydrogen) atoms. The number of anilines is 1. The van der Waals surface area contributed by atoms with Crippen LogP contribution in [0.1, 0.15) is 0 Å². The number of aromatic nitrogens is 2. The van der Waals surface area contributed by atoms with Crippen LogP contribution in [-0.4, -0.2) is 21.9 Å². The number of nitrogens with zero attached hydrogens (tertiary/aromatic N) is 2. The van der Waals surface area contributed by atoms with Crippen molar-refractivity contribution in [2.75, 3.05) is 11.1 Å². The Hall–Kier alpha value is -2.02. The molecule has 122 valence electrons. The van der Waals surface area contributed by atoms with E-state index in [0.717, 1.165) is 4.90 Å². The minimum absolute atomic E-state index is 0.0136. The van der Waals surface area contributed by atoms with E-state index in [4.69, 9.17) is 27.6 Å². The molecule has 1 amide bonds. The molecule has 5 nitrogen and oxygen atoms in total. The number of hydrogen-bond acceptors (Lipinski definition) is 5. The predicted octanol–water partition coefficient (Wildman–Crippen LogP) is 4.77. The second kappa shape index (κ2) is 7.70. The molecule has 0 atom stereocenters. The van der Waals surface area contributed by atoms with Gasteiger partial charge in [0.2, 0.25) is 5.91 Å². The SMILES string of the molecule is O=C(CSc1ccccc1)Nc1nnc(-c2cc(Cl)ccc2Cl)o1. The number of benzene rings is 2. The molecule has 0 saturated carbocycles. The van der Waals surface area contributed by atoms with Gasteiger partial charge in [-0.1, -0.05) is 46.5 Å². The van der Waals surface area contributed by atoms with E-state index >= 15 is 0 Å². The molecule has 1 N–H and O–H groups in total. The van der Waals surface area contributed by atoms with Gasteiger partial charge in [0.05, 0.1) is 16.3 Å². The molecule has 8 heteroatoms. The van der Waals surface area contributed by atoms with Crippen molar-refractivity contribution in [1.82, 2.24) is 10.2 Å². The second-order valence-corrected chi connectivity index (χ2v) is 6.58. The molecule has 1 aromatic heterocycles. The van der Waals surface area contributed by atoms with Gasteiger partial charge in [-0.2, -0.15) is 0 Å². The number of rotatable bonds is 5. The Bertz CT molecular complexity index is 856. The minimum atomic E-state index is -0.240. The Morgan fingerprint density at radius 3 is 2.71 bits per heavy atom. The number of carbonyl (C=O) groups excluding carboxylic acids is 1. The maximum absolute atomic E-state index is 11.9. The summed E-state index contributed by atoms with van der Waals surface area (Å²) in [5.41, 5.74) is 0.510. The maximum atomic E-state index is 11.9. The molecule has 0 aliphatic carbocycles. The van der Waals surface area contributed by atoms with Crippen LogP contribution in [0.2, 0.25) is 10.0 Å². The molecule has 2 aromatic carbocycles. The van der Waals surface area contributed by atoms with Crippen LogP contribution >= 0.6 is 35.0 Å². The summed E-state index contributed by atoms with van der Waals surface area (Å²) in [6.07, 6.45) is 0. The Morgan fingerprint density at radius 1 is 1.12 bits per heavy atom. The number of nitrogens with one attached hydrogen (secondary N) is 1. The van der Waals surface area contributed by atoms with Crippen molar-refractivity contribution in [3.63, 3.8) is 0 Å². The van der Waals surface area contributed by atoms with E-state index in [1.165, 1.54) is 11.8 Å². The highest BCUT2D eigenvalue weighted by atomic mass is 35.5. The highest BCUT2D eigenvalue weighted by Gasteiger charge is 2.14. The van der Waals surface area contributed by atoms with Crippen LogP contribution in [0, 0.1) is 0 Å². The van der Waals surface area contributed by atoms with E-state index in [1.54, 1.807) is 18.2 Å². The highest BCUT2D eigenvalue weighted by molar-refractivity contribution is 8.00. The lowest BCUT2D eigenvalue weighted by Gasteiger charge is -2.01. The number of carbonyl (C=O) groups is 1. The smallest absolute Gasteiger partial charge is 0.322 e. The van der Waals surface area contributed by atoms with E-state index in [9.17, 15) is 4.79 Å². The van der Waals surface area contributed by atoms with E-state index < -0.39 is 0 Å². The largest absolute Gasteiger partial charge is 0.403 e. The molecule has 0 aliphatic rings. The lowest BCUT2D eigenvalue weighted by Crippen LogP contribution is -2.14. The fraction of sp³-hybridized carbons (Fsp3) is 0.0625. The summed E-state index contributed by atoms with van der Waals surface area (Å²) in [4.78, 5) is 12.9. The normalized spacial score (nSPS) is 10.6. The summed E-state index contributed by atoms with van der Waals surface area (Å²) in [6, 6.07) is 14.6. The number of amides is 1. The fourth-order valence-corrected chi connectivity index (χ4v) is 2.95. The average Bonchev–Trinajstić information content (AvgIpc) is 3.04. The lowest BCUT2D eigenvalue weighted by atomic mass is 10.2. The standard InChI is InChI=1S/C16H11Cl2N3O2S/c17-10-6-7-13(18)12(8-10)15-20-21-16(23-15)19-14(22)9-24-11-4-2-1-3-5-11/h1-8H,9H2,(H,19,21,22). The lowest BCUT2D eigenvalue weighted by molar-refractivity contribution is -0.113. The van der Waals surface area contributed by atoms with Gasteiger partial charge in [-0.05, 0) is 30.3 Å². The topological polar surface area (TPSA) is 68.0 Å². The molecule has 0 aliphatic heterocycles. The van der Waals surface area contributed by atoms with Crippen LogP contribution in [0.3, 0.4) is 0 Å². The third kappa shape index (κ3) is 4.29. The van der Waals surface area contributed by atoms with Gasteiger partial charge < -0.3 is 4.42 Å². The van der Waals surface area contributed by atoms with E-state index in [-0.39, 0.29) is 23.6 Å². The summed E-state index contributed by atoms with van der Waals surface area (Å²) >= 11 is 13.4. The molecule has 0 fully saturated rings. The molecule has 0 unspecified atom stereocenters. The van der Waals surface area contributed by atoms with Gasteiger partial charge in [0.25, 0.3) is 5.89 Å². The maximum Gasteiger partial charge on any atom is 0.322 e. The second-order valence-electron chi connectivity index (χ2n) is 4.69. The van der Waals surface area contributed by atoms with Crippen LogP contribution in [0.5, 0.6) is 0 Å². The van der Waals surface area contributed by atoms with Crippen LogP contribution in [0.15, 0.2) is 57.8 Å². The van der Waals surface area contributed by atoms with E-state index in [2.05, 4.69) is 15.5 Å². The van der Waals surface area contributed by atoms with Crippen LogP contribution < -0.4 is 5.32 Å². The van der Waals surface area contributed by atoms with Gasteiger partial charge in [0.15, 0.2) is 0 Å². The van der Waals surface area contributed by atoms with Gasteiger partial charge in [-0.15, -0.1) is 16.9 Å². The van der Waals surface area contributed by atoms with Crippen molar-refractivity contribution in [2.45, 2.75) is 4.90 Å².